The topological polar surface area (TPSA) is 99.3 Å². The van der Waals surface area contributed by atoms with E-state index in [9.17, 15) is 9.59 Å². The number of aliphatic hydroxyl groups is 2. The quantitative estimate of drug-likeness (QED) is 0.437. The molecule has 6 nitrogen and oxygen atoms in total. The molecule has 2 N–H and O–H groups in total. The van der Waals surface area contributed by atoms with Crippen molar-refractivity contribution in [3.8, 4) is 0 Å². The lowest BCUT2D eigenvalue weighted by Crippen LogP contribution is -2.00. The predicted octanol–water partition coefficient (Wildman–Crippen LogP) is -0.982. The van der Waals surface area contributed by atoms with E-state index < -0.39 is 0 Å². The Morgan fingerprint density at radius 3 is 2.08 bits per heavy atom. The summed E-state index contributed by atoms with van der Waals surface area (Å²) in [4.78, 5) is 25.5. The van der Waals surface area contributed by atoms with Crippen molar-refractivity contribution >= 4 is 12.2 Å². The Kier molecular flexibility index (Phi) is 14.5. The summed E-state index contributed by atoms with van der Waals surface area (Å²) < 4.78 is 0. The normalized spacial score (nSPS) is 9.77. The lowest BCUT2D eigenvalue weighted by Gasteiger charge is -1.91. The van der Waals surface area contributed by atoms with Gasteiger partial charge in [-0.2, -0.15) is 0 Å². The summed E-state index contributed by atoms with van der Waals surface area (Å²) in [5, 5.41) is 15.2. The predicted molar refractivity (Wildman–Crippen MR) is 44.7 cm³/mol. The molecule has 0 aromatic rings. The first-order valence-electron chi connectivity index (χ1n) is 3.55. The summed E-state index contributed by atoms with van der Waals surface area (Å²) in [6, 6.07) is -0.260. The van der Waals surface area contributed by atoms with Gasteiger partial charge in [0.2, 0.25) is 12.2 Å². The first kappa shape index (κ1) is 14.2. The van der Waals surface area contributed by atoms with Crippen molar-refractivity contribution in [2.24, 2.45) is 9.98 Å². The number of rotatable bonds is 4. The van der Waals surface area contributed by atoms with Crippen LogP contribution in [-0.2, 0) is 9.59 Å². The lowest BCUT2D eigenvalue weighted by atomic mass is 10.4. The highest BCUT2D eigenvalue weighted by Gasteiger charge is 1.93. The summed E-state index contributed by atoms with van der Waals surface area (Å²) in [5.41, 5.74) is 0. The molecule has 0 saturated heterocycles. The van der Waals surface area contributed by atoms with Crippen LogP contribution in [0.25, 0.3) is 0 Å². The molecule has 0 fully saturated rings. The maximum absolute atomic E-state index is 9.55. The van der Waals surface area contributed by atoms with Crippen molar-refractivity contribution in [2.45, 2.75) is 13.0 Å². The molecule has 74 valence electrons. The average molecular weight is 188 g/mol. The van der Waals surface area contributed by atoms with E-state index in [0.717, 1.165) is 0 Å². The summed E-state index contributed by atoms with van der Waals surface area (Å²) in [6.45, 7) is 1.62. The molecule has 0 aromatic heterocycles. The van der Waals surface area contributed by atoms with E-state index >= 15 is 0 Å². The fourth-order valence-electron chi connectivity index (χ4n) is 0.300. The Morgan fingerprint density at radius 1 is 1.23 bits per heavy atom. The van der Waals surface area contributed by atoms with E-state index in [1.54, 1.807) is 6.92 Å². The molecule has 0 rings (SSSR count). The number of aliphatic hydroxyl groups excluding tert-OH is 2. The standard InChI is InChI=1S/C5H6N2O2.C2H6O2/c1-5(7-4-9)2-6-3-8;3-1-2-4/h5H,2H2,1H3;3-4H,1-2H2. The molecule has 0 spiro atoms. The molecular formula is C7H12N2O4. The van der Waals surface area contributed by atoms with Gasteiger partial charge in [-0.3, -0.25) is 0 Å². The van der Waals surface area contributed by atoms with Crippen LogP contribution in [0.4, 0.5) is 0 Å². The van der Waals surface area contributed by atoms with Gasteiger partial charge in [-0.25, -0.2) is 19.6 Å². The molecular weight excluding hydrogens is 176 g/mol. The van der Waals surface area contributed by atoms with E-state index in [-0.39, 0.29) is 25.8 Å². The molecule has 0 aliphatic carbocycles. The van der Waals surface area contributed by atoms with Crippen molar-refractivity contribution in [3.05, 3.63) is 0 Å². The largest absolute Gasteiger partial charge is 0.394 e. The zero-order valence-electron chi connectivity index (χ0n) is 7.30. The van der Waals surface area contributed by atoms with Crippen LogP contribution < -0.4 is 0 Å². The van der Waals surface area contributed by atoms with Gasteiger partial charge in [0.1, 0.15) is 0 Å². The molecule has 0 saturated carbocycles. The van der Waals surface area contributed by atoms with Gasteiger partial charge < -0.3 is 10.2 Å². The Labute approximate surface area is 75.6 Å². The molecule has 0 aromatic carbocycles. The Morgan fingerprint density at radius 2 is 1.77 bits per heavy atom. The van der Waals surface area contributed by atoms with E-state index in [0.29, 0.717) is 0 Å². The highest BCUT2D eigenvalue weighted by atomic mass is 16.3. The van der Waals surface area contributed by atoms with Crippen LogP contribution in [-0.4, -0.2) is 48.2 Å². The number of aliphatic imine (C=N–C) groups is 2. The molecule has 1 unspecified atom stereocenters. The molecule has 0 bridgehead atoms. The molecule has 1 atom stereocenters. The zero-order valence-corrected chi connectivity index (χ0v) is 7.30. The molecule has 0 aliphatic heterocycles. The van der Waals surface area contributed by atoms with Crippen molar-refractivity contribution < 1.29 is 19.8 Å². The van der Waals surface area contributed by atoms with Crippen LogP contribution >= 0.6 is 0 Å². The average Bonchev–Trinajstić information content (AvgIpc) is 2.16. The van der Waals surface area contributed by atoms with E-state index in [2.05, 4.69) is 9.98 Å². The first-order valence-corrected chi connectivity index (χ1v) is 3.55. The van der Waals surface area contributed by atoms with Gasteiger partial charge >= 0.3 is 0 Å². The van der Waals surface area contributed by atoms with Crippen LogP contribution in [0.2, 0.25) is 0 Å². The zero-order chi connectivity index (χ0) is 10.5. The van der Waals surface area contributed by atoms with Gasteiger partial charge in [-0.05, 0) is 6.92 Å². The number of hydrogen-bond acceptors (Lipinski definition) is 6. The van der Waals surface area contributed by atoms with E-state index in [1.807, 2.05) is 0 Å². The second-order valence-corrected chi connectivity index (χ2v) is 1.95. The van der Waals surface area contributed by atoms with Crippen LogP contribution in [0, 0.1) is 0 Å². The van der Waals surface area contributed by atoms with Crippen LogP contribution in [0.5, 0.6) is 0 Å². The Balaban J connectivity index is 0. The minimum Gasteiger partial charge on any atom is -0.394 e. The molecule has 0 radical (unpaired) electrons. The van der Waals surface area contributed by atoms with Gasteiger partial charge in [-0.1, -0.05) is 0 Å². The number of isocyanates is 2. The summed E-state index contributed by atoms with van der Waals surface area (Å²) in [5.74, 6) is 0. The minimum atomic E-state index is -0.260. The summed E-state index contributed by atoms with van der Waals surface area (Å²) in [7, 11) is 0. The first-order chi connectivity index (χ1) is 6.22. The Hall–Kier alpha value is -1.32. The number of hydrogen-bond donors (Lipinski definition) is 2. The smallest absolute Gasteiger partial charge is 0.235 e. The number of carbonyl (C=O) groups excluding carboxylic acids is 2. The van der Waals surface area contributed by atoms with Gasteiger partial charge in [0.05, 0.1) is 25.8 Å². The Bertz CT molecular complexity index is 193. The van der Waals surface area contributed by atoms with Gasteiger partial charge in [-0.15, -0.1) is 0 Å². The third-order valence-electron chi connectivity index (χ3n) is 0.793. The van der Waals surface area contributed by atoms with Gasteiger partial charge in [0.15, 0.2) is 0 Å². The van der Waals surface area contributed by atoms with Gasteiger partial charge in [0, 0.05) is 0 Å². The maximum Gasteiger partial charge on any atom is 0.235 e. The highest BCUT2D eigenvalue weighted by Crippen LogP contribution is 1.85. The van der Waals surface area contributed by atoms with Gasteiger partial charge in [0.25, 0.3) is 0 Å². The fourth-order valence-corrected chi connectivity index (χ4v) is 0.300. The van der Waals surface area contributed by atoms with E-state index in [1.165, 1.54) is 12.2 Å². The number of nitrogens with zero attached hydrogens (tertiary/aromatic N) is 2. The molecule has 6 heteroatoms. The second kappa shape index (κ2) is 13.3. The lowest BCUT2D eigenvalue weighted by molar-refractivity contribution is 0.186. The fraction of sp³-hybridized carbons (Fsp3) is 0.714. The third kappa shape index (κ3) is 18.0. The highest BCUT2D eigenvalue weighted by molar-refractivity contribution is 5.34. The van der Waals surface area contributed by atoms with Crippen LogP contribution in [0.15, 0.2) is 9.98 Å². The molecule has 0 aliphatic rings. The van der Waals surface area contributed by atoms with Crippen molar-refractivity contribution in [1.29, 1.82) is 0 Å². The molecule has 0 heterocycles. The second-order valence-electron chi connectivity index (χ2n) is 1.95. The minimum absolute atomic E-state index is 0.125. The van der Waals surface area contributed by atoms with E-state index in [4.69, 9.17) is 10.2 Å². The van der Waals surface area contributed by atoms with Crippen LogP contribution in [0.3, 0.4) is 0 Å². The maximum atomic E-state index is 9.55. The molecule has 13 heavy (non-hydrogen) atoms. The van der Waals surface area contributed by atoms with Crippen molar-refractivity contribution in [3.63, 3.8) is 0 Å². The van der Waals surface area contributed by atoms with Crippen molar-refractivity contribution in [2.75, 3.05) is 19.8 Å². The summed E-state index contributed by atoms with van der Waals surface area (Å²) in [6.07, 6.45) is 2.70. The molecule has 0 amide bonds. The summed E-state index contributed by atoms with van der Waals surface area (Å²) >= 11 is 0. The monoisotopic (exact) mass is 188 g/mol. The SMILES string of the molecule is CC(CN=C=O)N=C=O.OCCO. The van der Waals surface area contributed by atoms with Crippen LogP contribution in [0.1, 0.15) is 6.92 Å². The third-order valence-corrected chi connectivity index (χ3v) is 0.793. The van der Waals surface area contributed by atoms with Crippen molar-refractivity contribution in [1.82, 2.24) is 0 Å².